The SMILES string of the molecule is CCOC(=O)c1c(C2CCC2)nn(-c2ccc(C(F)(F)F)cn2)c1N. The fourth-order valence-corrected chi connectivity index (χ4v) is 2.68. The summed E-state index contributed by atoms with van der Waals surface area (Å²) in [6.07, 6.45) is -0.983. The number of hydrogen-bond donors (Lipinski definition) is 1. The molecule has 0 saturated heterocycles. The number of carbonyl (C=O) groups is 1. The van der Waals surface area contributed by atoms with Crippen LogP contribution in [0.15, 0.2) is 18.3 Å². The highest BCUT2D eigenvalue weighted by atomic mass is 19.4. The van der Waals surface area contributed by atoms with Crippen LogP contribution >= 0.6 is 0 Å². The molecule has 0 aliphatic heterocycles. The fourth-order valence-electron chi connectivity index (χ4n) is 2.68. The molecule has 0 atom stereocenters. The second kappa shape index (κ2) is 6.38. The number of halogens is 3. The highest BCUT2D eigenvalue weighted by molar-refractivity contribution is 5.96. The van der Waals surface area contributed by atoms with Gasteiger partial charge in [-0.3, -0.25) is 0 Å². The van der Waals surface area contributed by atoms with E-state index in [9.17, 15) is 18.0 Å². The molecule has 2 aromatic heterocycles. The Bertz CT molecular complexity index is 780. The Morgan fingerprint density at radius 3 is 2.60 bits per heavy atom. The largest absolute Gasteiger partial charge is 0.462 e. The van der Waals surface area contributed by atoms with E-state index >= 15 is 0 Å². The molecule has 1 aliphatic carbocycles. The second-order valence-electron chi connectivity index (χ2n) is 5.81. The third-order valence-corrected chi connectivity index (χ3v) is 4.21. The first-order valence-electron chi connectivity index (χ1n) is 7.92. The quantitative estimate of drug-likeness (QED) is 0.852. The van der Waals surface area contributed by atoms with Gasteiger partial charge in [-0.1, -0.05) is 6.42 Å². The van der Waals surface area contributed by atoms with Gasteiger partial charge in [0.15, 0.2) is 5.82 Å². The minimum Gasteiger partial charge on any atom is -0.462 e. The molecule has 2 heterocycles. The van der Waals surface area contributed by atoms with E-state index in [1.807, 2.05) is 0 Å². The maximum atomic E-state index is 12.7. The van der Waals surface area contributed by atoms with Crippen LogP contribution in [0.4, 0.5) is 19.0 Å². The molecule has 25 heavy (non-hydrogen) atoms. The Balaban J connectivity index is 2.03. The van der Waals surface area contributed by atoms with Crippen molar-refractivity contribution >= 4 is 11.8 Å². The Kier molecular flexibility index (Phi) is 4.40. The van der Waals surface area contributed by atoms with Crippen molar-refractivity contribution in [1.82, 2.24) is 14.8 Å². The van der Waals surface area contributed by atoms with Crippen molar-refractivity contribution in [2.24, 2.45) is 0 Å². The van der Waals surface area contributed by atoms with Crippen LogP contribution in [-0.2, 0) is 10.9 Å². The molecule has 0 amide bonds. The number of carbonyl (C=O) groups excluding carboxylic acids is 1. The number of pyridine rings is 1. The smallest absolute Gasteiger partial charge is 0.417 e. The van der Waals surface area contributed by atoms with Crippen LogP contribution in [0.25, 0.3) is 5.82 Å². The number of esters is 1. The van der Waals surface area contributed by atoms with Gasteiger partial charge in [-0.05, 0) is 31.9 Å². The van der Waals surface area contributed by atoms with Crippen LogP contribution in [0.3, 0.4) is 0 Å². The van der Waals surface area contributed by atoms with Crippen molar-refractivity contribution in [2.45, 2.75) is 38.3 Å². The first-order valence-corrected chi connectivity index (χ1v) is 7.92. The highest BCUT2D eigenvalue weighted by Crippen LogP contribution is 2.39. The van der Waals surface area contributed by atoms with Crippen molar-refractivity contribution < 1.29 is 22.7 Å². The van der Waals surface area contributed by atoms with E-state index in [4.69, 9.17) is 10.5 Å². The lowest BCUT2D eigenvalue weighted by atomic mass is 9.81. The topological polar surface area (TPSA) is 83.0 Å². The molecular formula is C16H17F3N4O2. The number of hydrogen-bond acceptors (Lipinski definition) is 5. The summed E-state index contributed by atoms with van der Waals surface area (Å²) in [5, 5.41) is 4.34. The van der Waals surface area contributed by atoms with E-state index in [2.05, 4.69) is 10.1 Å². The van der Waals surface area contributed by atoms with Gasteiger partial charge in [0.2, 0.25) is 0 Å². The molecule has 1 saturated carbocycles. The van der Waals surface area contributed by atoms with Gasteiger partial charge in [0, 0.05) is 12.1 Å². The van der Waals surface area contributed by atoms with Crippen LogP contribution in [-0.4, -0.2) is 27.3 Å². The molecule has 0 bridgehead atoms. The maximum Gasteiger partial charge on any atom is 0.417 e. The molecule has 0 spiro atoms. The summed E-state index contributed by atoms with van der Waals surface area (Å²) in [4.78, 5) is 16.0. The predicted molar refractivity (Wildman–Crippen MR) is 83.3 cm³/mol. The molecule has 0 radical (unpaired) electrons. The second-order valence-corrected chi connectivity index (χ2v) is 5.81. The summed E-state index contributed by atoms with van der Waals surface area (Å²) in [6, 6.07) is 2.07. The van der Waals surface area contributed by atoms with Crippen molar-refractivity contribution in [3.05, 3.63) is 35.2 Å². The van der Waals surface area contributed by atoms with Crippen LogP contribution in [0.5, 0.6) is 0 Å². The molecule has 3 rings (SSSR count). The molecule has 2 aromatic rings. The van der Waals surface area contributed by atoms with Gasteiger partial charge in [0.1, 0.15) is 11.4 Å². The van der Waals surface area contributed by atoms with Crippen molar-refractivity contribution in [3.8, 4) is 5.82 Å². The Labute approximate surface area is 141 Å². The van der Waals surface area contributed by atoms with Crippen LogP contribution in [0, 0.1) is 0 Å². The number of nitrogen functional groups attached to an aromatic ring is 1. The maximum absolute atomic E-state index is 12.7. The lowest BCUT2D eigenvalue weighted by molar-refractivity contribution is -0.137. The van der Waals surface area contributed by atoms with Gasteiger partial charge in [0.05, 0.1) is 17.9 Å². The fraction of sp³-hybridized carbons (Fsp3) is 0.438. The molecule has 2 N–H and O–H groups in total. The number of alkyl halides is 3. The van der Waals surface area contributed by atoms with Gasteiger partial charge in [-0.25, -0.2) is 9.78 Å². The zero-order chi connectivity index (χ0) is 18.2. The van der Waals surface area contributed by atoms with Crippen LogP contribution in [0.1, 0.15) is 53.7 Å². The Hall–Kier alpha value is -2.58. The molecule has 9 heteroatoms. The summed E-state index contributed by atoms with van der Waals surface area (Å²) >= 11 is 0. The lowest BCUT2D eigenvalue weighted by Gasteiger charge is -2.24. The summed E-state index contributed by atoms with van der Waals surface area (Å²) in [7, 11) is 0. The molecule has 0 unspecified atom stereocenters. The molecule has 0 aromatic carbocycles. The van der Waals surface area contributed by atoms with E-state index in [0.29, 0.717) is 11.9 Å². The number of nitrogens with zero attached hydrogens (tertiary/aromatic N) is 3. The summed E-state index contributed by atoms with van der Waals surface area (Å²) < 4.78 is 44.2. The van der Waals surface area contributed by atoms with E-state index < -0.39 is 17.7 Å². The van der Waals surface area contributed by atoms with Crippen molar-refractivity contribution in [3.63, 3.8) is 0 Å². The number of anilines is 1. The Morgan fingerprint density at radius 1 is 1.40 bits per heavy atom. The first kappa shape index (κ1) is 17.2. The normalized spacial score (nSPS) is 15.0. The summed E-state index contributed by atoms with van der Waals surface area (Å²) in [5.41, 5.74) is 5.87. The average Bonchev–Trinajstić information content (AvgIpc) is 2.82. The van der Waals surface area contributed by atoms with Gasteiger partial charge >= 0.3 is 12.1 Å². The molecule has 134 valence electrons. The number of aromatic nitrogens is 3. The highest BCUT2D eigenvalue weighted by Gasteiger charge is 2.33. The van der Waals surface area contributed by atoms with Crippen LogP contribution < -0.4 is 5.73 Å². The van der Waals surface area contributed by atoms with E-state index in [0.717, 1.165) is 25.3 Å². The lowest BCUT2D eigenvalue weighted by Crippen LogP contribution is -2.15. The first-order chi connectivity index (χ1) is 11.8. The molecule has 1 fully saturated rings. The number of ether oxygens (including phenoxy) is 1. The van der Waals surface area contributed by atoms with E-state index in [-0.39, 0.29) is 29.7 Å². The van der Waals surface area contributed by atoms with E-state index in [1.165, 1.54) is 10.7 Å². The van der Waals surface area contributed by atoms with Crippen LogP contribution in [0.2, 0.25) is 0 Å². The Morgan fingerprint density at radius 2 is 2.12 bits per heavy atom. The average molecular weight is 354 g/mol. The molecule has 6 nitrogen and oxygen atoms in total. The monoisotopic (exact) mass is 354 g/mol. The summed E-state index contributed by atoms with van der Waals surface area (Å²) in [6.45, 7) is 1.87. The predicted octanol–water partition coefficient (Wildman–Crippen LogP) is 3.31. The third kappa shape index (κ3) is 3.18. The van der Waals surface area contributed by atoms with Crippen molar-refractivity contribution in [1.29, 1.82) is 0 Å². The molecule has 1 aliphatic rings. The van der Waals surface area contributed by atoms with Gasteiger partial charge in [-0.2, -0.15) is 23.0 Å². The zero-order valence-electron chi connectivity index (χ0n) is 13.5. The third-order valence-electron chi connectivity index (χ3n) is 4.21. The van der Waals surface area contributed by atoms with E-state index in [1.54, 1.807) is 6.92 Å². The summed E-state index contributed by atoms with van der Waals surface area (Å²) in [5.74, 6) is -0.355. The van der Waals surface area contributed by atoms with Gasteiger partial charge in [0.25, 0.3) is 0 Å². The van der Waals surface area contributed by atoms with Gasteiger partial charge < -0.3 is 10.5 Å². The number of nitrogens with two attached hydrogens (primary N) is 1. The molecular weight excluding hydrogens is 337 g/mol. The minimum absolute atomic E-state index is 0.0209. The minimum atomic E-state index is -4.48. The number of rotatable bonds is 4. The zero-order valence-corrected chi connectivity index (χ0v) is 13.5. The van der Waals surface area contributed by atoms with Gasteiger partial charge in [-0.15, -0.1) is 0 Å². The van der Waals surface area contributed by atoms with Crippen molar-refractivity contribution in [2.75, 3.05) is 12.3 Å². The standard InChI is InChI=1S/C16H17F3N4O2/c1-2-25-15(24)12-13(9-4-3-5-9)22-23(14(12)20)11-7-6-10(8-21-11)16(17,18)19/h6-9H,2-5,20H2,1H3.